The molecule has 0 spiro atoms. The molecule has 0 saturated heterocycles. The van der Waals surface area contributed by atoms with Crippen LogP contribution in [0.4, 0.5) is 0 Å². The van der Waals surface area contributed by atoms with Gasteiger partial charge in [-0.3, -0.25) is 4.79 Å². The van der Waals surface area contributed by atoms with Crippen LogP contribution in [-0.2, 0) is 4.74 Å². The zero-order chi connectivity index (χ0) is 17.1. The lowest BCUT2D eigenvalue weighted by molar-refractivity contribution is 0.0318. The normalized spacial score (nSPS) is 11.9. The second kappa shape index (κ2) is 6.92. The van der Waals surface area contributed by atoms with Crippen molar-refractivity contribution in [1.82, 2.24) is 4.98 Å². The summed E-state index contributed by atoms with van der Waals surface area (Å²) in [7, 11) is 0. The molecule has 1 unspecified atom stereocenters. The Labute approximate surface area is 140 Å². The van der Waals surface area contributed by atoms with Crippen molar-refractivity contribution in [2.24, 2.45) is 0 Å². The number of rotatable bonds is 4. The third-order valence-electron chi connectivity index (χ3n) is 3.72. The summed E-state index contributed by atoms with van der Waals surface area (Å²) >= 11 is 5.75. The Balaban J connectivity index is 2.17. The molecular formula is C18H18ClNO3. The average Bonchev–Trinajstić information content (AvgIpc) is 2.50. The van der Waals surface area contributed by atoms with E-state index in [1.807, 2.05) is 32.9 Å². The van der Waals surface area contributed by atoms with Crippen LogP contribution in [0.3, 0.4) is 0 Å². The molecule has 0 fully saturated rings. The summed E-state index contributed by atoms with van der Waals surface area (Å²) in [4.78, 5) is 28.4. The molecule has 2 rings (SSSR count). The zero-order valence-electron chi connectivity index (χ0n) is 13.5. The number of aromatic nitrogens is 1. The van der Waals surface area contributed by atoms with E-state index >= 15 is 0 Å². The number of benzene rings is 1. The molecule has 0 aliphatic carbocycles. The number of halogens is 1. The van der Waals surface area contributed by atoms with Gasteiger partial charge in [0, 0.05) is 11.8 Å². The van der Waals surface area contributed by atoms with E-state index in [-0.39, 0.29) is 16.5 Å². The first-order valence-electron chi connectivity index (χ1n) is 7.24. The second-order valence-electron chi connectivity index (χ2n) is 5.53. The van der Waals surface area contributed by atoms with Crippen LogP contribution in [0.5, 0.6) is 0 Å². The average molecular weight is 332 g/mol. The maximum Gasteiger partial charge on any atom is 0.339 e. The highest BCUT2D eigenvalue weighted by Gasteiger charge is 2.22. The van der Waals surface area contributed by atoms with Crippen LogP contribution in [0.15, 0.2) is 30.5 Å². The van der Waals surface area contributed by atoms with Crippen molar-refractivity contribution in [3.63, 3.8) is 0 Å². The molecule has 5 heteroatoms. The molecule has 0 bridgehead atoms. The van der Waals surface area contributed by atoms with Gasteiger partial charge in [-0.05, 0) is 62.6 Å². The molecule has 1 aromatic heterocycles. The molecule has 0 saturated carbocycles. The number of ether oxygens (including phenoxy) is 1. The van der Waals surface area contributed by atoms with Gasteiger partial charge in [0.25, 0.3) is 0 Å². The molecule has 1 aromatic carbocycles. The van der Waals surface area contributed by atoms with Gasteiger partial charge in [0.05, 0.1) is 5.56 Å². The second-order valence-corrected chi connectivity index (χ2v) is 5.92. The molecule has 1 heterocycles. The number of hydrogen-bond acceptors (Lipinski definition) is 4. The van der Waals surface area contributed by atoms with Gasteiger partial charge in [0.15, 0.2) is 6.10 Å². The molecule has 0 N–H and O–H groups in total. The lowest BCUT2D eigenvalue weighted by Crippen LogP contribution is -2.25. The fourth-order valence-electron chi connectivity index (χ4n) is 2.26. The molecular weight excluding hydrogens is 314 g/mol. The van der Waals surface area contributed by atoms with Crippen molar-refractivity contribution in [2.45, 2.75) is 33.8 Å². The highest BCUT2D eigenvalue weighted by molar-refractivity contribution is 6.29. The van der Waals surface area contributed by atoms with Gasteiger partial charge < -0.3 is 4.74 Å². The summed E-state index contributed by atoms with van der Waals surface area (Å²) in [5.41, 5.74) is 3.85. The van der Waals surface area contributed by atoms with Gasteiger partial charge in [-0.1, -0.05) is 17.7 Å². The van der Waals surface area contributed by atoms with E-state index in [1.54, 1.807) is 6.92 Å². The molecule has 23 heavy (non-hydrogen) atoms. The number of aryl methyl sites for hydroxylation is 3. The van der Waals surface area contributed by atoms with Crippen LogP contribution in [0.1, 0.15) is 44.3 Å². The Morgan fingerprint density at radius 3 is 2.39 bits per heavy atom. The smallest absolute Gasteiger partial charge is 0.339 e. The first-order valence-corrected chi connectivity index (χ1v) is 7.62. The van der Waals surface area contributed by atoms with Gasteiger partial charge in [-0.15, -0.1) is 0 Å². The summed E-state index contributed by atoms with van der Waals surface area (Å²) in [6, 6.07) is 6.69. The van der Waals surface area contributed by atoms with E-state index in [9.17, 15) is 9.59 Å². The number of ketones is 1. The molecule has 0 radical (unpaired) electrons. The standard InChI is InChI=1S/C18H18ClNO3/c1-10-7-12(3)15(8-11(10)2)17(21)13(4)23-18(22)14-5-6-20-16(19)9-14/h5-9,13H,1-4H3. The van der Waals surface area contributed by atoms with Gasteiger partial charge >= 0.3 is 5.97 Å². The van der Waals surface area contributed by atoms with Crippen molar-refractivity contribution in [3.05, 3.63) is 63.4 Å². The first-order chi connectivity index (χ1) is 10.8. The molecule has 0 aliphatic heterocycles. The fourth-order valence-corrected chi connectivity index (χ4v) is 2.43. The van der Waals surface area contributed by atoms with E-state index in [2.05, 4.69) is 4.98 Å². The van der Waals surface area contributed by atoms with Gasteiger partial charge in [0.2, 0.25) is 5.78 Å². The maximum absolute atomic E-state index is 12.5. The molecule has 4 nitrogen and oxygen atoms in total. The highest BCUT2D eigenvalue weighted by atomic mass is 35.5. The Morgan fingerprint density at radius 1 is 1.09 bits per heavy atom. The SMILES string of the molecule is Cc1cc(C)c(C(=O)C(C)OC(=O)c2ccnc(Cl)c2)cc1C. The van der Waals surface area contributed by atoms with Crippen LogP contribution >= 0.6 is 11.6 Å². The quantitative estimate of drug-likeness (QED) is 0.481. The molecule has 120 valence electrons. The van der Waals surface area contributed by atoms with E-state index in [0.29, 0.717) is 5.56 Å². The lowest BCUT2D eigenvalue weighted by Gasteiger charge is -2.15. The van der Waals surface area contributed by atoms with Gasteiger partial charge in [-0.2, -0.15) is 0 Å². The van der Waals surface area contributed by atoms with E-state index in [4.69, 9.17) is 16.3 Å². The number of pyridine rings is 1. The lowest BCUT2D eigenvalue weighted by atomic mass is 9.96. The maximum atomic E-state index is 12.5. The third kappa shape index (κ3) is 3.96. The summed E-state index contributed by atoms with van der Waals surface area (Å²) < 4.78 is 5.26. The van der Waals surface area contributed by atoms with E-state index < -0.39 is 12.1 Å². The summed E-state index contributed by atoms with van der Waals surface area (Å²) in [6.07, 6.45) is 0.536. The predicted molar refractivity (Wildman–Crippen MR) is 89.1 cm³/mol. The molecule has 1 atom stereocenters. The topological polar surface area (TPSA) is 56.3 Å². The largest absolute Gasteiger partial charge is 0.451 e. The van der Waals surface area contributed by atoms with Crippen molar-refractivity contribution in [1.29, 1.82) is 0 Å². The van der Waals surface area contributed by atoms with Crippen LogP contribution in [-0.4, -0.2) is 22.8 Å². The fraction of sp³-hybridized carbons (Fsp3) is 0.278. The van der Waals surface area contributed by atoms with Crippen LogP contribution in [0.2, 0.25) is 5.15 Å². The molecule has 0 aliphatic rings. The predicted octanol–water partition coefficient (Wildman–Crippen LogP) is 4.09. The van der Waals surface area contributed by atoms with Crippen molar-refractivity contribution in [3.8, 4) is 0 Å². The highest BCUT2D eigenvalue weighted by Crippen LogP contribution is 2.18. The Morgan fingerprint density at radius 2 is 1.74 bits per heavy atom. The van der Waals surface area contributed by atoms with Crippen molar-refractivity contribution < 1.29 is 14.3 Å². The number of hydrogen-bond donors (Lipinski definition) is 0. The Kier molecular flexibility index (Phi) is 5.16. The minimum atomic E-state index is -0.879. The number of Topliss-reactive ketones (excluding diaryl/α,β-unsaturated/α-hetero) is 1. The van der Waals surface area contributed by atoms with E-state index in [0.717, 1.165) is 16.7 Å². The number of nitrogens with zero attached hydrogens (tertiary/aromatic N) is 1. The van der Waals surface area contributed by atoms with E-state index in [1.165, 1.54) is 18.3 Å². The summed E-state index contributed by atoms with van der Waals surface area (Å²) in [5.74, 6) is -0.823. The number of carbonyl (C=O) groups is 2. The summed E-state index contributed by atoms with van der Waals surface area (Å²) in [6.45, 7) is 7.38. The van der Waals surface area contributed by atoms with Crippen LogP contribution < -0.4 is 0 Å². The summed E-state index contributed by atoms with van der Waals surface area (Å²) in [5, 5.41) is 0.198. The first kappa shape index (κ1) is 17.2. The van der Waals surface area contributed by atoms with Gasteiger partial charge in [0.1, 0.15) is 5.15 Å². The minimum absolute atomic E-state index is 0.198. The zero-order valence-corrected chi connectivity index (χ0v) is 14.3. The monoisotopic (exact) mass is 331 g/mol. The number of esters is 1. The molecule has 0 amide bonds. The van der Waals surface area contributed by atoms with Crippen molar-refractivity contribution in [2.75, 3.05) is 0 Å². The van der Waals surface area contributed by atoms with Gasteiger partial charge in [-0.25, -0.2) is 9.78 Å². The molecule has 2 aromatic rings. The van der Waals surface area contributed by atoms with Crippen LogP contribution in [0.25, 0.3) is 0 Å². The Hall–Kier alpha value is -2.20. The Bertz CT molecular complexity index is 771. The third-order valence-corrected chi connectivity index (χ3v) is 3.93. The van der Waals surface area contributed by atoms with Crippen molar-refractivity contribution >= 4 is 23.4 Å². The number of carbonyl (C=O) groups excluding carboxylic acids is 2. The van der Waals surface area contributed by atoms with Crippen LogP contribution in [0, 0.1) is 20.8 Å². The minimum Gasteiger partial charge on any atom is -0.451 e.